The highest BCUT2D eigenvalue weighted by Crippen LogP contribution is 2.22. The van der Waals surface area contributed by atoms with E-state index in [9.17, 15) is 0 Å². The summed E-state index contributed by atoms with van der Waals surface area (Å²) in [4.78, 5) is 8.28. The number of aryl methyl sites for hydroxylation is 1. The molecule has 1 fully saturated rings. The van der Waals surface area contributed by atoms with Crippen LogP contribution in [0.2, 0.25) is 0 Å². The van der Waals surface area contributed by atoms with E-state index in [0.29, 0.717) is 18.5 Å². The Morgan fingerprint density at radius 2 is 2.26 bits per heavy atom. The molecule has 0 aromatic heterocycles. The standard InChI is InChI=1S/C17H28N4S.HI/c1-4-21-9-5-6-15(21)12-20-17(18)19-11-14-8-7-13(2)10-16(14)22-3;/h7-8,10,15H,4-6,9,11-12H2,1-3H3,(H3,18,19,20);1H. The average Bonchev–Trinajstić information content (AvgIpc) is 2.99. The van der Waals surface area contributed by atoms with Gasteiger partial charge < -0.3 is 11.1 Å². The van der Waals surface area contributed by atoms with Gasteiger partial charge in [0.1, 0.15) is 0 Å². The van der Waals surface area contributed by atoms with Gasteiger partial charge in [-0.1, -0.05) is 19.1 Å². The normalized spacial score (nSPS) is 18.7. The zero-order valence-electron chi connectivity index (χ0n) is 14.3. The molecule has 130 valence electrons. The number of hydrogen-bond donors (Lipinski definition) is 2. The first kappa shape index (κ1) is 20.6. The largest absolute Gasteiger partial charge is 0.370 e. The third-order valence-corrected chi connectivity index (χ3v) is 5.11. The van der Waals surface area contributed by atoms with Crippen LogP contribution in [-0.2, 0) is 6.54 Å². The van der Waals surface area contributed by atoms with Crippen LogP contribution in [0.4, 0.5) is 0 Å². The monoisotopic (exact) mass is 448 g/mol. The maximum absolute atomic E-state index is 6.02. The minimum atomic E-state index is 0. The number of likely N-dealkylation sites (N-methyl/N-ethyl adjacent to an activating group) is 1. The summed E-state index contributed by atoms with van der Waals surface area (Å²) in [6, 6.07) is 7.08. The molecule has 1 aromatic carbocycles. The third-order valence-electron chi connectivity index (χ3n) is 4.29. The van der Waals surface area contributed by atoms with Crippen LogP contribution in [0.1, 0.15) is 30.9 Å². The van der Waals surface area contributed by atoms with Gasteiger partial charge in [0, 0.05) is 17.5 Å². The van der Waals surface area contributed by atoms with E-state index < -0.39 is 0 Å². The van der Waals surface area contributed by atoms with Crippen molar-refractivity contribution in [2.45, 2.75) is 44.2 Å². The first-order chi connectivity index (χ1) is 10.6. The average molecular weight is 448 g/mol. The summed E-state index contributed by atoms with van der Waals surface area (Å²) in [7, 11) is 0. The highest BCUT2D eigenvalue weighted by atomic mass is 127. The van der Waals surface area contributed by atoms with Gasteiger partial charge in [0.05, 0.1) is 6.54 Å². The molecule has 2 rings (SSSR count). The van der Waals surface area contributed by atoms with Gasteiger partial charge in [-0.15, -0.1) is 35.7 Å². The predicted molar refractivity (Wildman–Crippen MR) is 112 cm³/mol. The Hall–Kier alpha value is -0.470. The molecule has 1 heterocycles. The minimum absolute atomic E-state index is 0. The molecule has 0 radical (unpaired) electrons. The van der Waals surface area contributed by atoms with Crippen LogP contribution in [0.15, 0.2) is 28.1 Å². The van der Waals surface area contributed by atoms with Crippen molar-refractivity contribution >= 4 is 41.7 Å². The van der Waals surface area contributed by atoms with Gasteiger partial charge in [0.25, 0.3) is 0 Å². The van der Waals surface area contributed by atoms with E-state index in [1.807, 2.05) is 0 Å². The molecular formula is C17H29IN4S. The third kappa shape index (κ3) is 6.15. The van der Waals surface area contributed by atoms with E-state index in [1.54, 1.807) is 11.8 Å². The lowest BCUT2D eigenvalue weighted by molar-refractivity contribution is 0.267. The number of hydrogen-bond acceptors (Lipinski definition) is 3. The molecule has 0 saturated carbocycles. The molecule has 0 bridgehead atoms. The molecular weight excluding hydrogens is 419 g/mol. The Morgan fingerprint density at radius 3 is 2.96 bits per heavy atom. The number of guanidine groups is 1. The van der Waals surface area contributed by atoms with E-state index in [2.05, 4.69) is 53.5 Å². The Kier molecular flexibility index (Phi) is 9.31. The van der Waals surface area contributed by atoms with Crippen molar-refractivity contribution < 1.29 is 0 Å². The Labute approximate surface area is 161 Å². The van der Waals surface area contributed by atoms with Crippen molar-refractivity contribution in [3.63, 3.8) is 0 Å². The van der Waals surface area contributed by atoms with Crippen LogP contribution < -0.4 is 11.1 Å². The lowest BCUT2D eigenvalue weighted by atomic mass is 10.1. The van der Waals surface area contributed by atoms with Crippen LogP contribution in [0.25, 0.3) is 0 Å². The quantitative estimate of drug-likeness (QED) is 0.304. The number of aliphatic imine (C=N–C) groups is 1. The van der Waals surface area contributed by atoms with Crippen molar-refractivity contribution in [3.05, 3.63) is 29.3 Å². The number of benzene rings is 1. The van der Waals surface area contributed by atoms with Crippen molar-refractivity contribution in [1.82, 2.24) is 10.2 Å². The molecule has 1 unspecified atom stereocenters. The molecule has 3 N–H and O–H groups in total. The fourth-order valence-corrected chi connectivity index (χ4v) is 3.67. The molecule has 0 aliphatic carbocycles. The van der Waals surface area contributed by atoms with Crippen molar-refractivity contribution in [1.29, 1.82) is 0 Å². The summed E-state index contributed by atoms with van der Waals surface area (Å²) in [5.74, 6) is 0.551. The number of nitrogens with one attached hydrogen (secondary N) is 1. The van der Waals surface area contributed by atoms with Crippen LogP contribution in [0.5, 0.6) is 0 Å². The van der Waals surface area contributed by atoms with Crippen molar-refractivity contribution in [2.24, 2.45) is 10.7 Å². The van der Waals surface area contributed by atoms with Crippen LogP contribution >= 0.6 is 35.7 Å². The maximum atomic E-state index is 6.02. The molecule has 23 heavy (non-hydrogen) atoms. The molecule has 1 aliphatic heterocycles. The van der Waals surface area contributed by atoms with Gasteiger partial charge in [-0.05, 0) is 56.3 Å². The second-order valence-corrected chi connectivity index (χ2v) is 6.67. The van der Waals surface area contributed by atoms with E-state index in [0.717, 1.165) is 13.1 Å². The summed E-state index contributed by atoms with van der Waals surface area (Å²) < 4.78 is 0. The summed E-state index contributed by atoms with van der Waals surface area (Å²) in [6.45, 7) is 8.19. The number of halogens is 1. The fourth-order valence-electron chi connectivity index (χ4n) is 2.97. The van der Waals surface area contributed by atoms with Crippen molar-refractivity contribution in [2.75, 3.05) is 25.9 Å². The molecule has 0 amide bonds. The summed E-state index contributed by atoms with van der Waals surface area (Å²) in [5.41, 5.74) is 8.54. The highest BCUT2D eigenvalue weighted by molar-refractivity contribution is 14.0. The van der Waals surface area contributed by atoms with Gasteiger partial charge in [-0.2, -0.15) is 0 Å². The van der Waals surface area contributed by atoms with Gasteiger partial charge >= 0.3 is 0 Å². The van der Waals surface area contributed by atoms with E-state index >= 15 is 0 Å². The molecule has 1 aliphatic rings. The van der Waals surface area contributed by atoms with E-state index in [-0.39, 0.29) is 24.0 Å². The summed E-state index contributed by atoms with van der Waals surface area (Å²) in [6.07, 6.45) is 4.64. The number of rotatable bonds is 6. The number of thioether (sulfide) groups is 1. The first-order valence-corrected chi connectivity index (χ1v) is 9.28. The first-order valence-electron chi connectivity index (χ1n) is 8.05. The van der Waals surface area contributed by atoms with Crippen LogP contribution in [-0.4, -0.2) is 42.8 Å². The SMILES string of the molecule is CCN1CCCC1CNC(N)=NCc1ccc(C)cc1SC.I. The van der Waals surface area contributed by atoms with Crippen molar-refractivity contribution in [3.8, 4) is 0 Å². The summed E-state index contributed by atoms with van der Waals surface area (Å²) in [5, 5.41) is 3.29. The molecule has 1 atom stereocenters. The summed E-state index contributed by atoms with van der Waals surface area (Å²) >= 11 is 1.76. The van der Waals surface area contributed by atoms with Gasteiger partial charge in [0.15, 0.2) is 5.96 Å². The predicted octanol–water partition coefficient (Wildman–Crippen LogP) is 3.22. The lowest BCUT2D eigenvalue weighted by Crippen LogP contribution is -2.42. The smallest absolute Gasteiger partial charge is 0.188 e. The maximum Gasteiger partial charge on any atom is 0.188 e. The molecule has 4 nitrogen and oxygen atoms in total. The molecule has 0 spiro atoms. The molecule has 6 heteroatoms. The number of nitrogens with two attached hydrogens (primary N) is 1. The minimum Gasteiger partial charge on any atom is -0.370 e. The van der Waals surface area contributed by atoms with E-state index in [4.69, 9.17) is 5.73 Å². The molecule has 1 aromatic rings. The van der Waals surface area contributed by atoms with Gasteiger partial charge in [-0.3, -0.25) is 4.90 Å². The van der Waals surface area contributed by atoms with Gasteiger partial charge in [0.2, 0.25) is 0 Å². The highest BCUT2D eigenvalue weighted by Gasteiger charge is 2.22. The van der Waals surface area contributed by atoms with Crippen LogP contribution in [0, 0.1) is 6.92 Å². The van der Waals surface area contributed by atoms with E-state index in [1.165, 1.54) is 35.4 Å². The second-order valence-electron chi connectivity index (χ2n) is 5.82. The zero-order chi connectivity index (χ0) is 15.9. The Bertz CT molecular complexity index is 521. The Balaban J connectivity index is 0.00000264. The second kappa shape index (κ2) is 10.4. The number of nitrogens with zero attached hydrogens (tertiary/aromatic N) is 2. The molecule has 1 saturated heterocycles. The lowest BCUT2D eigenvalue weighted by Gasteiger charge is -2.23. The van der Waals surface area contributed by atoms with Crippen LogP contribution in [0.3, 0.4) is 0 Å². The number of likely N-dealkylation sites (tertiary alicyclic amines) is 1. The topological polar surface area (TPSA) is 53.6 Å². The van der Waals surface area contributed by atoms with Gasteiger partial charge in [-0.25, -0.2) is 4.99 Å². The zero-order valence-corrected chi connectivity index (χ0v) is 17.5. The fraction of sp³-hybridized carbons (Fsp3) is 0.588. The Morgan fingerprint density at radius 1 is 1.48 bits per heavy atom.